The molecule has 0 unspecified atom stereocenters. The molecule has 1 fully saturated rings. The monoisotopic (exact) mass is 382 g/mol. The summed E-state index contributed by atoms with van der Waals surface area (Å²) >= 11 is 0. The lowest BCUT2D eigenvalue weighted by atomic mass is 10.1. The molecule has 1 N–H and O–H groups in total. The lowest BCUT2D eigenvalue weighted by Gasteiger charge is -2.35. The molecule has 2 aliphatic rings. The minimum atomic E-state index is 0.0131. The minimum absolute atomic E-state index is 0.0131. The van der Waals surface area contributed by atoms with Crippen LogP contribution in [0.2, 0.25) is 0 Å². The van der Waals surface area contributed by atoms with Gasteiger partial charge >= 0.3 is 6.03 Å². The zero-order chi connectivity index (χ0) is 19.3. The third kappa shape index (κ3) is 4.54. The van der Waals surface area contributed by atoms with E-state index < -0.39 is 0 Å². The molecule has 1 atom stereocenters. The molecular weight excluding hydrogens is 356 g/mol. The Morgan fingerprint density at radius 2 is 1.96 bits per heavy atom. The number of piperazine rings is 1. The zero-order valence-corrected chi connectivity index (χ0v) is 16.1. The third-order valence-corrected chi connectivity index (χ3v) is 5.14. The predicted octanol–water partition coefficient (Wildman–Crippen LogP) is 2.27. The maximum absolute atomic E-state index is 12.5. The Morgan fingerprint density at radius 3 is 2.75 bits per heavy atom. The second kappa shape index (κ2) is 8.48. The Hall–Kier alpha value is -2.80. The van der Waals surface area contributed by atoms with E-state index in [2.05, 4.69) is 21.3 Å². The van der Waals surface area contributed by atoms with Crippen LogP contribution in [0.1, 0.15) is 18.1 Å². The van der Waals surface area contributed by atoms with Crippen molar-refractivity contribution in [2.45, 2.75) is 25.9 Å². The lowest BCUT2D eigenvalue weighted by Crippen LogP contribution is -2.53. The summed E-state index contributed by atoms with van der Waals surface area (Å²) in [5.74, 6) is 1.63. The van der Waals surface area contributed by atoms with Crippen molar-refractivity contribution in [1.82, 2.24) is 20.1 Å². The van der Waals surface area contributed by atoms with Crippen LogP contribution in [0.15, 0.2) is 42.7 Å². The minimum Gasteiger partial charge on any atom is -0.454 e. The summed E-state index contributed by atoms with van der Waals surface area (Å²) in [5.41, 5.74) is 2.33. The van der Waals surface area contributed by atoms with Crippen LogP contribution in [-0.4, -0.2) is 59.8 Å². The highest BCUT2D eigenvalue weighted by molar-refractivity contribution is 5.74. The summed E-state index contributed by atoms with van der Waals surface area (Å²) < 4.78 is 10.8. The van der Waals surface area contributed by atoms with Crippen molar-refractivity contribution in [3.8, 4) is 11.5 Å². The van der Waals surface area contributed by atoms with Gasteiger partial charge < -0.3 is 19.7 Å². The van der Waals surface area contributed by atoms with Crippen LogP contribution in [-0.2, 0) is 13.0 Å². The van der Waals surface area contributed by atoms with Gasteiger partial charge in [0, 0.05) is 51.2 Å². The van der Waals surface area contributed by atoms with Crippen LogP contribution in [0, 0.1) is 0 Å². The Bertz CT molecular complexity index is 807. The van der Waals surface area contributed by atoms with E-state index in [4.69, 9.17) is 9.47 Å². The number of hydrogen-bond donors (Lipinski definition) is 1. The molecular formula is C21H26N4O3. The van der Waals surface area contributed by atoms with Crippen molar-refractivity contribution in [3.63, 3.8) is 0 Å². The first-order chi connectivity index (χ1) is 13.7. The van der Waals surface area contributed by atoms with Gasteiger partial charge in [0.2, 0.25) is 6.79 Å². The molecule has 2 aliphatic heterocycles. The zero-order valence-electron chi connectivity index (χ0n) is 16.1. The van der Waals surface area contributed by atoms with Crippen LogP contribution >= 0.6 is 0 Å². The van der Waals surface area contributed by atoms with Gasteiger partial charge in [-0.3, -0.25) is 9.88 Å². The fourth-order valence-corrected chi connectivity index (χ4v) is 3.63. The molecule has 1 saturated heterocycles. The number of fused-ring (bicyclic) bond motifs is 1. The number of pyridine rings is 1. The van der Waals surface area contributed by atoms with E-state index in [1.54, 1.807) is 6.20 Å². The van der Waals surface area contributed by atoms with Crippen molar-refractivity contribution < 1.29 is 14.3 Å². The summed E-state index contributed by atoms with van der Waals surface area (Å²) in [4.78, 5) is 20.9. The fourth-order valence-electron chi connectivity index (χ4n) is 3.63. The average Bonchev–Trinajstić information content (AvgIpc) is 3.17. The molecule has 2 aromatic rings. The predicted molar refractivity (Wildman–Crippen MR) is 105 cm³/mol. The molecule has 4 rings (SSSR count). The second-order valence-electron chi connectivity index (χ2n) is 7.37. The van der Waals surface area contributed by atoms with Crippen molar-refractivity contribution in [2.24, 2.45) is 0 Å². The number of ether oxygens (including phenoxy) is 2. The molecule has 28 heavy (non-hydrogen) atoms. The van der Waals surface area contributed by atoms with Gasteiger partial charge in [-0.1, -0.05) is 12.1 Å². The Balaban J connectivity index is 1.23. The third-order valence-electron chi connectivity index (χ3n) is 5.14. The van der Waals surface area contributed by atoms with Crippen molar-refractivity contribution in [1.29, 1.82) is 0 Å². The first-order valence-electron chi connectivity index (χ1n) is 9.72. The summed E-state index contributed by atoms with van der Waals surface area (Å²) in [6.07, 6.45) is 4.39. The van der Waals surface area contributed by atoms with E-state index in [0.717, 1.165) is 56.2 Å². The fraction of sp³-hybridized carbons (Fsp3) is 0.429. The van der Waals surface area contributed by atoms with E-state index in [1.807, 2.05) is 42.3 Å². The number of amides is 2. The smallest absolute Gasteiger partial charge is 0.317 e. The maximum Gasteiger partial charge on any atom is 0.317 e. The number of carbonyl (C=O) groups excluding carboxylic acids is 1. The first kappa shape index (κ1) is 18.6. The van der Waals surface area contributed by atoms with Gasteiger partial charge in [-0.25, -0.2) is 4.79 Å². The Morgan fingerprint density at radius 1 is 1.14 bits per heavy atom. The van der Waals surface area contributed by atoms with Gasteiger partial charge in [0.05, 0.1) is 0 Å². The molecule has 0 bridgehead atoms. The van der Waals surface area contributed by atoms with Gasteiger partial charge in [-0.15, -0.1) is 0 Å². The van der Waals surface area contributed by atoms with Gasteiger partial charge in [-0.05, 0) is 42.7 Å². The van der Waals surface area contributed by atoms with Crippen LogP contribution in [0.25, 0.3) is 0 Å². The summed E-state index contributed by atoms with van der Waals surface area (Å²) in [6.45, 7) is 6.36. The molecule has 0 spiro atoms. The standard InChI is InChI=1S/C21H26N4O3/c1-16(11-17-3-2-6-22-13-17)23-21(26)25-9-7-24(8-10-25)14-18-4-5-19-20(12-18)28-15-27-19/h2-6,12-13,16H,7-11,14-15H2,1H3,(H,23,26)/t16-/m0/s1. The van der Waals surface area contributed by atoms with Crippen LogP contribution < -0.4 is 14.8 Å². The van der Waals surface area contributed by atoms with E-state index in [0.29, 0.717) is 6.79 Å². The summed E-state index contributed by atoms with van der Waals surface area (Å²) in [7, 11) is 0. The quantitative estimate of drug-likeness (QED) is 0.859. The number of rotatable bonds is 5. The van der Waals surface area contributed by atoms with Crippen LogP contribution in [0.3, 0.4) is 0 Å². The maximum atomic E-state index is 12.5. The van der Waals surface area contributed by atoms with Crippen molar-refractivity contribution in [3.05, 3.63) is 53.9 Å². The van der Waals surface area contributed by atoms with Crippen molar-refractivity contribution in [2.75, 3.05) is 33.0 Å². The molecule has 2 amide bonds. The van der Waals surface area contributed by atoms with E-state index in [9.17, 15) is 4.79 Å². The summed E-state index contributed by atoms with van der Waals surface area (Å²) in [6, 6.07) is 10.1. The van der Waals surface area contributed by atoms with Gasteiger partial charge in [0.15, 0.2) is 11.5 Å². The van der Waals surface area contributed by atoms with Gasteiger partial charge in [0.25, 0.3) is 0 Å². The molecule has 0 aliphatic carbocycles. The SMILES string of the molecule is C[C@@H](Cc1cccnc1)NC(=O)N1CCN(Cc2ccc3c(c2)OCO3)CC1. The summed E-state index contributed by atoms with van der Waals surface area (Å²) in [5, 5.41) is 3.10. The molecule has 0 radical (unpaired) electrons. The van der Waals surface area contributed by atoms with E-state index in [-0.39, 0.29) is 12.1 Å². The highest BCUT2D eigenvalue weighted by atomic mass is 16.7. The highest BCUT2D eigenvalue weighted by Crippen LogP contribution is 2.32. The molecule has 7 heteroatoms. The van der Waals surface area contributed by atoms with E-state index in [1.165, 1.54) is 5.56 Å². The molecule has 148 valence electrons. The van der Waals surface area contributed by atoms with E-state index >= 15 is 0 Å². The topological polar surface area (TPSA) is 66.9 Å². The average molecular weight is 382 g/mol. The van der Waals surface area contributed by atoms with Crippen LogP contribution in [0.4, 0.5) is 4.79 Å². The number of benzene rings is 1. The number of nitrogens with zero attached hydrogens (tertiary/aromatic N) is 3. The normalized spacial score (nSPS) is 17.4. The molecule has 0 saturated carbocycles. The number of urea groups is 1. The highest BCUT2D eigenvalue weighted by Gasteiger charge is 2.23. The van der Waals surface area contributed by atoms with Crippen LogP contribution in [0.5, 0.6) is 11.5 Å². The number of hydrogen-bond acceptors (Lipinski definition) is 5. The first-order valence-corrected chi connectivity index (χ1v) is 9.72. The molecule has 1 aromatic carbocycles. The molecule has 1 aromatic heterocycles. The Kier molecular flexibility index (Phi) is 5.62. The molecule has 3 heterocycles. The number of aromatic nitrogens is 1. The number of carbonyl (C=O) groups is 1. The number of nitrogens with one attached hydrogen (secondary N) is 1. The van der Waals surface area contributed by atoms with Crippen molar-refractivity contribution >= 4 is 6.03 Å². The molecule has 7 nitrogen and oxygen atoms in total. The van der Waals surface area contributed by atoms with Gasteiger partial charge in [0.1, 0.15) is 0 Å². The largest absolute Gasteiger partial charge is 0.454 e. The Labute approximate surface area is 165 Å². The lowest BCUT2D eigenvalue weighted by molar-refractivity contribution is 0.133. The van der Waals surface area contributed by atoms with Gasteiger partial charge in [-0.2, -0.15) is 0 Å². The second-order valence-corrected chi connectivity index (χ2v) is 7.37.